The molecule has 0 saturated heterocycles. The van der Waals surface area contributed by atoms with Gasteiger partial charge in [0.1, 0.15) is 17.8 Å². The summed E-state index contributed by atoms with van der Waals surface area (Å²) in [4.78, 5) is 20.9. The van der Waals surface area contributed by atoms with Gasteiger partial charge in [-0.05, 0) is 37.5 Å². The van der Waals surface area contributed by atoms with Crippen LogP contribution in [0, 0.1) is 6.92 Å². The third-order valence-electron chi connectivity index (χ3n) is 3.68. The van der Waals surface area contributed by atoms with Gasteiger partial charge in [0, 0.05) is 0 Å². The number of nitrogens with zero attached hydrogens (tertiary/aromatic N) is 2. The van der Waals surface area contributed by atoms with Gasteiger partial charge in [-0.15, -0.1) is 0 Å². The summed E-state index contributed by atoms with van der Waals surface area (Å²) in [5.41, 5.74) is 3.35. The summed E-state index contributed by atoms with van der Waals surface area (Å²) in [5, 5.41) is 0. The second-order valence-electron chi connectivity index (χ2n) is 5.33. The first-order valence-electron chi connectivity index (χ1n) is 7.53. The SMILES string of the molecule is COC(=O)c1cccc2nc(C)c(OCC3=CCCC=C3)nc12. The van der Waals surface area contributed by atoms with E-state index in [1.807, 2.05) is 13.0 Å². The molecule has 0 unspecified atom stereocenters. The van der Waals surface area contributed by atoms with E-state index in [-0.39, 0.29) is 0 Å². The van der Waals surface area contributed by atoms with Crippen LogP contribution in [0.25, 0.3) is 11.0 Å². The summed E-state index contributed by atoms with van der Waals surface area (Å²) in [6.45, 7) is 2.29. The number of hydrogen-bond acceptors (Lipinski definition) is 5. The number of methoxy groups -OCH3 is 1. The maximum Gasteiger partial charge on any atom is 0.340 e. The van der Waals surface area contributed by atoms with E-state index in [2.05, 4.69) is 28.2 Å². The molecule has 0 radical (unpaired) electrons. The fourth-order valence-corrected chi connectivity index (χ4v) is 2.49. The van der Waals surface area contributed by atoms with Gasteiger partial charge in [-0.1, -0.05) is 24.3 Å². The summed E-state index contributed by atoms with van der Waals surface area (Å²) in [5.74, 6) is 0.00588. The molecule has 5 heteroatoms. The molecule has 1 heterocycles. The quantitative estimate of drug-likeness (QED) is 0.810. The van der Waals surface area contributed by atoms with Gasteiger partial charge in [0.2, 0.25) is 5.88 Å². The smallest absolute Gasteiger partial charge is 0.340 e. The van der Waals surface area contributed by atoms with E-state index in [0.717, 1.165) is 18.4 Å². The van der Waals surface area contributed by atoms with Crippen molar-refractivity contribution in [2.75, 3.05) is 13.7 Å². The molecule has 0 amide bonds. The Morgan fingerprint density at radius 1 is 1.26 bits per heavy atom. The first-order chi connectivity index (χ1) is 11.2. The lowest BCUT2D eigenvalue weighted by Crippen LogP contribution is -2.08. The van der Waals surface area contributed by atoms with Gasteiger partial charge >= 0.3 is 5.97 Å². The number of carbonyl (C=O) groups is 1. The molecule has 1 aliphatic carbocycles. The number of rotatable bonds is 4. The van der Waals surface area contributed by atoms with Crippen molar-refractivity contribution < 1.29 is 14.3 Å². The average molecular weight is 310 g/mol. The summed E-state index contributed by atoms with van der Waals surface area (Å²) < 4.78 is 10.6. The van der Waals surface area contributed by atoms with Gasteiger partial charge < -0.3 is 9.47 Å². The molecular formula is C18H18N2O3. The number of aromatic nitrogens is 2. The van der Waals surface area contributed by atoms with E-state index < -0.39 is 5.97 Å². The number of esters is 1. The highest BCUT2D eigenvalue weighted by Gasteiger charge is 2.15. The van der Waals surface area contributed by atoms with E-state index in [9.17, 15) is 4.79 Å². The van der Waals surface area contributed by atoms with Crippen LogP contribution in [0.15, 0.2) is 42.0 Å². The normalized spacial score (nSPS) is 13.7. The zero-order valence-corrected chi connectivity index (χ0v) is 13.2. The van der Waals surface area contributed by atoms with Crippen LogP contribution in [0.4, 0.5) is 0 Å². The van der Waals surface area contributed by atoms with E-state index in [1.165, 1.54) is 7.11 Å². The molecule has 23 heavy (non-hydrogen) atoms. The lowest BCUT2D eigenvalue weighted by Gasteiger charge is -2.12. The molecule has 0 fully saturated rings. The highest BCUT2D eigenvalue weighted by molar-refractivity contribution is 6.01. The zero-order valence-electron chi connectivity index (χ0n) is 13.2. The minimum absolute atomic E-state index is 0.388. The van der Waals surface area contributed by atoms with Crippen molar-refractivity contribution >= 4 is 17.0 Å². The van der Waals surface area contributed by atoms with Crippen molar-refractivity contribution in [2.45, 2.75) is 19.8 Å². The molecule has 0 saturated carbocycles. The Labute approximate surface area is 134 Å². The second kappa shape index (κ2) is 6.60. The van der Waals surface area contributed by atoms with Gasteiger partial charge in [0.25, 0.3) is 0 Å². The number of hydrogen-bond donors (Lipinski definition) is 0. The molecule has 5 nitrogen and oxygen atoms in total. The van der Waals surface area contributed by atoms with Crippen molar-refractivity contribution in [2.24, 2.45) is 0 Å². The predicted octanol–water partition coefficient (Wildman–Crippen LogP) is 3.38. The van der Waals surface area contributed by atoms with Gasteiger partial charge in [0.05, 0.1) is 18.2 Å². The van der Waals surface area contributed by atoms with Crippen molar-refractivity contribution in [3.8, 4) is 5.88 Å². The van der Waals surface area contributed by atoms with Crippen molar-refractivity contribution in [3.63, 3.8) is 0 Å². The minimum atomic E-state index is -0.433. The largest absolute Gasteiger partial charge is 0.472 e. The van der Waals surface area contributed by atoms with Crippen LogP contribution in [-0.2, 0) is 4.74 Å². The molecular weight excluding hydrogens is 292 g/mol. The van der Waals surface area contributed by atoms with Crippen LogP contribution in [0.5, 0.6) is 5.88 Å². The molecule has 1 aliphatic rings. The van der Waals surface area contributed by atoms with Gasteiger partial charge in [-0.25, -0.2) is 14.8 Å². The molecule has 118 valence electrons. The van der Waals surface area contributed by atoms with Crippen molar-refractivity contribution in [3.05, 3.63) is 53.3 Å². The molecule has 3 rings (SSSR count). The summed E-state index contributed by atoms with van der Waals surface area (Å²) >= 11 is 0. The Hall–Kier alpha value is -2.69. The molecule has 0 spiro atoms. The number of para-hydroxylation sites is 1. The third-order valence-corrected chi connectivity index (χ3v) is 3.68. The Balaban J connectivity index is 1.94. The number of allylic oxidation sites excluding steroid dienone is 2. The van der Waals surface area contributed by atoms with Crippen molar-refractivity contribution in [1.29, 1.82) is 0 Å². The highest BCUT2D eigenvalue weighted by atomic mass is 16.5. The van der Waals surface area contributed by atoms with E-state index in [0.29, 0.717) is 34.8 Å². The number of aryl methyl sites for hydroxylation is 1. The summed E-state index contributed by atoms with van der Waals surface area (Å²) in [6, 6.07) is 5.26. The first kappa shape index (κ1) is 15.2. The molecule has 2 aromatic rings. The Morgan fingerprint density at radius 3 is 2.87 bits per heavy atom. The molecule has 1 aromatic carbocycles. The first-order valence-corrected chi connectivity index (χ1v) is 7.53. The van der Waals surface area contributed by atoms with Crippen LogP contribution >= 0.6 is 0 Å². The molecule has 0 atom stereocenters. The number of ether oxygens (including phenoxy) is 2. The topological polar surface area (TPSA) is 61.3 Å². The standard InChI is InChI=1S/C18H18N2O3/c1-12-17(23-11-13-7-4-3-5-8-13)20-16-14(18(21)22-2)9-6-10-15(16)19-12/h4,6-10H,3,5,11H2,1-2H3. The van der Waals surface area contributed by atoms with Crippen LogP contribution < -0.4 is 4.74 Å². The minimum Gasteiger partial charge on any atom is -0.472 e. The summed E-state index contributed by atoms with van der Waals surface area (Å²) in [6.07, 6.45) is 8.45. The average Bonchev–Trinajstić information content (AvgIpc) is 2.59. The van der Waals surface area contributed by atoms with Gasteiger partial charge in [0.15, 0.2) is 0 Å². The van der Waals surface area contributed by atoms with E-state index in [1.54, 1.807) is 12.1 Å². The maximum atomic E-state index is 11.9. The Kier molecular flexibility index (Phi) is 4.37. The van der Waals surface area contributed by atoms with Crippen LogP contribution in [0.3, 0.4) is 0 Å². The van der Waals surface area contributed by atoms with E-state index >= 15 is 0 Å². The fourth-order valence-electron chi connectivity index (χ4n) is 2.49. The van der Waals surface area contributed by atoms with E-state index in [4.69, 9.17) is 9.47 Å². The molecule has 0 aliphatic heterocycles. The third kappa shape index (κ3) is 3.23. The molecule has 1 aromatic heterocycles. The monoisotopic (exact) mass is 310 g/mol. The Bertz CT molecular complexity index is 809. The Morgan fingerprint density at radius 2 is 2.13 bits per heavy atom. The number of carbonyl (C=O) groups excluding carboxylic acids is 1. The second-order valence-corrected chi connectivity index (χ2v) is 5.33. The lowest BCUT2D eigenvalue weighted by atomic mass is 10.1. The van der Waals surface area contributed by atoms with Crippen LogP contribution in [0.2, 0.25) is 0 Å². The fraction of sp³-hybridized carbons (Fsp3) is 0.278. The van der Waals surface area contributed by atoms with Crippen LogP contribution in [0.1, 0.15) is 28.9 Å². The van der Waals surface area contributed by atoms with Crippen molar-refractivity contribution in [1.82, 2.24) is 9.97 Å². The number of fused-ring (bicyclic) bond motifs is 1. The zero-order chi connectivity index (χ0) is 16.2. The lowest BCUT2D eigenvalue weighted by molar-refractivity contribution is 0.0602. The van der Waals surface area contributed by atoms with Gasteiger partial charge in [-0.3, -0.25) is 0 Å². The predicted molar refractivity (Wildman–Crippen MR) is 87.6 cm³/mol. The van der Waals surface area contributed by atoms with Crippen LogP contribution in [-0.4, -0.2) is 29.7 Å². The summed E-state index contributed by atoms with van der Waals surface area (Å²) in [7, 11) is 1.35. The molecule has 0 bridgehead atoms. The molecule has 0 N–H and O–H groups in total. The maximum absolute atomic E-state index is 11.9. The highest BCUT2D eigenvalue weighted by Crippen LogP contribution is 2.22. The number of benzene rings is 1. The van der Waals surface area contributed by atoms with Gasteiger partial charge in [-0.2, -0.15) is 0 Å².